The van der Waals surface area contributed by atoms with Gasteiger partial charge >= 0.3 is 0 Å². The Balaban J connectivity index is 2.00. The van der Waals surface area contributed by atoms with Gasteiger partial charge in [0.15, 0.2) is 5.01 Å². The van der Waals surface area contributed by atoms with E-state index in [-0.39, 0.29) is 11.9 Å². The van der Waals surface area contributed by atoms with Crippen LogP contribution in [0.3, 0.4) is 0 Å². The zero-order valence-corrected chi connectivity index (χ0v) is 13.8. The number of nitrogens with zero attached hydrogens (tertiary/aromatic N) is 3. The van der Waals surface area contributed by atoms with E-state index < -0.39 is 0 Å². The number of thiazole rings is 1. The van der Waals surface area contributed by atoms with Crippen molar-refractivity contribution in [2.75, 3.05) is 27.2 Å². The molecular weight excluding hydrogens is 330 g/mol. The minimum atomic E-state index is 0.00895. The van der Waals surface area contributed by atoms with E-state index >= 15 is 0 Å². The lowest BCUT2D eigenvalue weighted by atomic mass is 10.1. The zero-order valence-electron chi connectivity index (χ0n) is 11.4. The van der Waals surface area contributed by atoms with Gasteiger partial charge in [0.25, 0.3) is 5.91 Å². The van der Waals surface area contributed by atoms with Crippen molar-refractivity contribution in [3.63, 3.8) is 0 Å². The monoisotopic (exact) mass is 347 g/mol. The first kappa shape index (κ1) is 14.9. The molecule has 1 aliphatic heterocycles. The van der Waals surface area contributed by atoms with Crippen molar-refractivity contribution in [3.05, 3.63) is 14.5 Å². The maximum atomic E-state index is 12.4. The molecule has 1 amide bonds. The third-order valence-electron chi connectivity index (χ3n) is 3.47. The molecule has 0 aromatic carbocycles. The fraction of sp³-hybridized carbons (Fsp3) is 0.667. The van der Waals surface area contributed by atoms with Crippen LogP contribution < -0.4 is 0 Å². The molecule has 1 aliphatic rings. The van der Waals surface area contributed by atoms with Gasteiger partial charge in [-0.2, -0.15) is 5.06 Å². The number of amides is 1. The molecule has 0 aliphatic carbocycles. The zero-order chi connectivity index (χ0) is 14.0. The molecule has 2 heterocycles. The Morgan fingerprint density at radius 2 is 2.16 bits per heavy atom. The maximum Gasteiger partial charge on any atom is 0.282 e. The van der Waals surface area contributed by atoms with Crippen LogP contribution in [0.25, 0.3) is 0 Å². The molecule has 19 heavy (non-hydrogen) atoms. The van der Waals surface area contributed by atoms with E-state index in [0.717, 1.165) is 35.4 Å². The molecular formula is C12H18BrN3O2S. The fourth-order valence-electron chi connectivity index (χ4n) is 2.20. The highest BCUT2D eigenvalue weighted by Crippen LogP contribution is 2.26. The summed E-state index contributed by atoms with van der Waals surface area (Å²) in [5.41, 5.74) is 0.871. The molecule has 106 valence electrons. The number of halogens is 1. The van der Waals surface area contributed by atoms with Crippen molar-refractivity contribution in [2.24, 2.45) is 0 Å². The second-order valence-electron chi connectivity index (χ2n) is 4.64. The number of piperidine rings is 1. The summed E-state index contributed by atoms with van der Waals surface area (Å²) >= 11 is 4.81. The topological polar surface area (TPSA) is 45.7 Å². The first-order valence-corrected chi connectivity index (χ1v) is 7.83. The van der Waals surface area contributed by atoms with E-state index in [9.17, 15) is 4.79 Å². The first-order valence-electron chi connectivity index (χ1n) is 6.22. The van der Waals surface area contributed by atoms with Crippen LogP contribution in [-0.4, -0.2) is 54.1 Å². The van der Waals surface area contributed by atoms with Crippen molar-refractivity contribution in [2.45, 2.75) is 25.8 Å². The summed E-state index contributed by atoms with van der Waals surface area (Å²) in [6, 6.07) is 0.266. The Hall–Kier alpha value is -0.500. The van der Waals surface area contributed by atoms with E-state index in [1.165, 1.54) is 11.3 Å². The van der Waals surface area contributed by atoms with Gasteiger partial charge in [-0.05, 0) is 35.7 Å². The molecule has 1 aromatic heterocycles. The Morgan fingerprint density at radius 1 is 1.53 bits per heavy atom. The highest BCUT2D eigenvalue weighted by Gasteiger charge is 2.27. The highest BCUT2D eigenvalue weighted by atomic mass is 79.9. The van der Waals surface area contributed by atoms with Crippen molar-refractivity contribution >= 4 is 33.2 Å². The number of carbonyl (C=O) groups is 1. The van der Waals surface area contributed by atoms with Gasteiger partial charge in [0, 0.05) is 26.2 Å². The molecule has 0 spiro atoms. The van der Waals surface area contributed by atoms with E-state index in [4.69, 9.17) is 4.84 Å². The third kappa shape index (κ3) is 3.34. The van der Waals surface area contributed by atoms with Crippen LogP contribution >= 0.6 is 27.3 Å². The standard InChI is InChI=1S/C12H18BrN3O2S/c1-8-10(13)19-11(14-8)12(17)15(2)9-4-6-16(18-3)7-5-9/h9H,4-7H2,1-3H3. The van der Waals surface area contributed by atoms with Crippen molar-refractivity contribution in [1.29, 1.82) is 0 Å². The average molecular weight is 348 g/mol. The van der Waals surface area contributed by atoms with E-state index in [1.54, 1.807) is 7.11 Å². The van der Waals surface area contributed by atoms with E-state index in [0.29, 0.717) is 5.01 Å². The number of hydrogen-bond acceptors (Lipinski definition) is 5. The third-order valence-corrected chi connectivity index (χ3v) is 5.47. The smallest absolute Gasteiger partial charge is 0.282 e. The Bertz CT molecular complexity index is 438. The number of rotatable bonds is 3. The summed E-state index contributed by atoms with van der Waals surface area (Å²) in [5, 5.41) is 2.49. The van der Waals surface area contributed by atoms with E-state index in [2.05, 4.69) is 20.9 Å². The number of carbonyl (C=O) groups excluding carboxylic acids is 1. The summed E-state index contributed by atoms with van der Waals surface area (Å²) < 4.78 is 0.929. The van der Waals surface area contributed by atoms with Gasteiger partial charge < -0.3 is 9.74 Å². The summed E-state index contributed by atoms with van der Waals surface area (Å²) in [7, 11) is 3.55. The van der Waals surface area contributed by atoms with Gasteiger partial charge in [-0.25, -0.2) is 4.98 Å². The van der Waals surface area contributed by atoms with E-state index in [1.807, 2.05) is 23.9 Å². The second-order valence-corrected chi connectivity index (χ2v) is 6.95. The van der Waals surface area contributed by atoms with Gasteiger partial charge in [0.1, 0.15) is 0 Å². The average Bonchev–Trinajstić information content (AvgIpc) is 2.77. The minimum Gasteiger partial charge on any atom is -0.337 e. The van der Waals surface area contributed by atoms with Crippen LogP contribution in [-0.2, 0) is 4.84 Å². The Morgan fingerprint density at radius 3 is 2.63 bits per heavy atom. The van der Waals surface area contributed by atoms with Crippen LogP contribution in [0, 0.1) is 6.92 Å². The lowest BCUT2D eigenvalue weighted by Crippen LogP contribution is -2.45. The van der Waals surface area contributed by atoms with Gasteiger partial charge in [0.05, 0.1) is 16.6 Å². The van der Waals surface area contributed by atoms with Crippen LogP contribution in [0.2, 0.25) is 0 Å². The van der Waals surface area contributed by atoms with Gasteiger partial charge in [0.2, 0.25) is 0 Å². The van der Waals surface area contributed by atoms with Crippen LogP contribution in [0.15, 0.2) is 3.79 Å². The molecule has 0 radical (unpaired) electrons. The predicted octanol–water partition coefficient (Wildman–Crippen LogP) is 2.31. The summed E-state index contributed by atoms with van der Waals surface area (Å²) in [4.78, 5) is 23.7. The van der Waals surface area contributed by atoms with Crippen LogP contribution in [0.5, 0.6) is 0 Å². The largest absolute Gasteiger partial charge is 0.337 e. The molecule has 7 heteroatoms. The van der Waals surface area contributed by atoms with Gasteiger partial charge in [-0.1, -0.05) is 0 Å². The molecule has 1 aromatic rings. The Labute approximate surface area is 125 Å². The first-order chi connectivity index (χ1) is 9.02. The van der Waals surface area contributed by atoms with Crippen LogP contribution in [0.4, 0.5) is 0 Å². The normalized spacial score (nSPS) is 17.7. The highest BCUT2D eigenvalue weighted by molar-refractivity contribution is 9.11. The molecule has 5 nitrogen and oxygen atoms in total. The number of hydrogen-bond donors (Lipinski definition) is 0. The predicted molar refractivity (Wildman–Crippen MR) is 78.2 cm³/mol. The van der Waals surface area contributed by atoms with Crippen molar-refractivity contribution in [3.8, 4) is 0 Å². The minimum absolute atomic E-state index is 0.00895. The summed E-state index contributed by atoms with van der Waals surface area (Å²) in [6.45, 7) is 3.62. The number of hydroxylamine groups is 2. The lowest BCUT2D eigenvalue weighted by Gasteiger charge is -2.35. The van der Waals surface area contributed by atoms with Gasteiger partial charge in [-0.3, -0.25) is 4.79 Å². The van der Waals surface area contributed by atoms with Crippen LogP contribution in [0.1, 0.15) is 28.3 Å². The molecule has 0 N–H and O–H groups in total. The molecule has 0 saturated carbocycles. The molecule has 2 rings (SSSR count). The lowest BCUT2D eigenvalue weighted by molar-refractivity contribution is -0.148. The quantitative estimate of drug-likeness (QED) is 0.841. The molecule has 0 bridgehead atoms. The Kier molecular flexibility index (Phi) is 4.94. The molecule has 1 fully saturated rings. The molecule has 0 unspecified atom stereocenters. The fourth-order valence-corrected chi connectivity index (χ4v) is 3.52. The van der Waals surface area contributed by atoms with Gasteiger partial charge in [-0.15, -0.1) is 11.3 Å². The summed E-state index contributed by atoms with van der Waals surface area (Å²) in [5.74, 6) is 0.00895. The second kappa shape index (κ2) is 6.30. The van der Waals surface area contributed by atoms with Crippen molar-refractivity contribution < 1.29 is 9.63 Å². The molecule has 1 saturated heterocycles. The number of aromatic nitrogens is 1. The SMILES string of the molecule is CON1CCC(N(C)C(=O)c2nc(C)c(Br)s2)CC1. The maximum absolute atomic E-state index is 12.4. The number of aryl methyl sites for hydroxylation is 1. The molecule has 0 atom stereocenters. The van der Waals surface area contributed by atoms with Crippen molar-refractivity contribution in [1.82, 2.24) is 14.9 Å². The summed E-state index contributed by atoms with van der Waals surface area (Å²) in [6.07, 6.45) is 1.86.